The van der Waals surface area contributed by atoms with E-state index in [0.717, 1.165) is 42.2 Å². The Morgan fingerprint density at radius 1 is 1.45 bits per heavy atom. The number of aromatic nitrogens is 1. The van der Waals surface area contributed by atoms with Crippen molar-refractivity contribution in [2.45, 2.75) is 0 Å². The van der Waals surface area contributed by atoms with Crippen molar-refractivity contribution < 1.29 is 14.3 Å². The summed E-state index contributed by atoms with van der Waals surface area (Å²) in [6.07, 6.45) is 0.637. The minimum atomic E-state index is 0.578. The highest BCUT2D eigenvalue weighted by molar-refractivity contribution is 7.23. The summed E-state index contributed by atoms with van der Waals surface area (Å²) in [6, 6.07) is 3.95. The lowest BCUT2D eigenvalue weighted by Crippen LogP contribution is -2.36. The maximum atomic E-state index is 10.6. The standard InChI is InChI=1S/C13H15N3O3S/c1-18-10-3-2-9(16-4-6-19-7-5-16)12-11(10)15-13(20-12)14-8-17/h2-3,8H,4-7H2,1H3,(H,14,15,17). The van der Waals surface area contributed by atoms with E-state index in [1.165, 1.54) is 11.3 Å². The molecule has 2 heterocycles. The normalized spacial score (nSPS) is 15.3. The summed E-state index contributed by atoms with van der Waals surface area (Å²) < 4.78 is 11.8. The van der Waals surface area contributed by atoms with E-state index in [2.05, 4.69) is 15.2 Å². The molecule has 0 unspecified atom stereocenters. The lowest BCUT2D eigenvalue weighted by Gasteiger charge is -2.29. The number of nitrogens with zero attached hydrogens (tertiary/aromatic N) is 2. The fourth-order valence-electron chi connectivity index (χ4n) is 2.30. The van der Waals surface area contributed by atoms with Gasteiger partial charge in [-0.05, 0) is 12.1 Å². The molecule has 0 bridgehead atoms. The Kier molecular flexibility index (Phi) is 3.70. The number of fused-ring (bicyclic) bond motifs is 1. The number of methoxy groups -OCH3 is 1. The molecule has 1 aliphatic heterocycles. The monoisotopic (exact) mass is 293 g/mol. The van der Waals surface area contributed by atoms with Gasteiger partial charge in [-0.2, -0.15) is 0 Å². The fraction of sp³-hybridized carbons (Fsp3) is 0.385. The number of amides is 1. The van der Waals surface area contributed by atoms with Gasteiger partial charge in [-0.3, -0.25) is 4.79 Å². The third-order valence-corrected chi connectivity index (χ3v) is 4.25. The van der Waals surface area contributed by atoms with Gasteiger partial charge in [0.1, 0.15) is 11.3 Å². The van der Waals surface area contributed by atoms with Gasteiger partial charge in [0.2, 0.25) is 6.41 Å². The molecule has 0 saturated carbocycles. The number of thiazole rings is 1. The van der Waals surface area contributed by atoms with Crippen molar-refractivity contribution in [1.29, 1.82) is 0 Å². The van der Waals surface area contributed by atoms with E-state index >= 15 is 0 Å². The van der Waals surface area contributed by atoms with E-state index in [1.807, 2.05) is 12.1 Å². The number of ether oxygens (including phenoxy) is 2. The van der Waals surface area contributed by atoms with Gasteiger partial charge < -0.3 is 19.7 Å². The van der Waals surface area contributed by atoms with Crippen molar-refractivity contribution in [2.24, 2.45) is 0 Å². The van der Waals surface area contributed by atoms with Crippen LogP contribution in [0.2, 0.25) is 0 Å². The Morgan fingerprint density at radius 3 is 2.95 bits per heavy atom. The zero-order valence-corrected chi connectivity index (χ0v) is 11.9. The predicted octanol–water partition coefficient (Wildman–Crippen LogP) is 1.71. The van der Waals surface area contributed by atoms with Crippen LogP contribution in [-0.4, -0.2) is 44.8 Å². The highest BCUT2D eigenvalue weighted by Crippen LogP contribution is 2.39. The number of hydrogen-bond acceptors (Lipinski definition) is 6. The van der Waals surface area contributed by atoms with Gasteiger partial charge >= 0.3 is 0 Å². The van der Waals surface area contributed by atoms with Gasteiger partial charge in [-0.15, -0.1) is 0 Å². The molecule has 1 aliphatic rings. The first kappa shape index (κ1) is 13.1. The summed E-state index contributed by atoms with van der Waals surface area (Å²) in [4.78, 5) is 17.3. The molecule has 1 saturated heterocycles. The Bertz CT molecular complexity index is 623. The summed E-state index contributed by atoms with van der Waals surface area (Å²) >= 11 is 1.46. The maximum Gasteiger partial charge on any atom is 0.213 e. The molecule has 1 aromatic carbocycles. The largest absolute Gasteiger partial charge is 0.494 e. The molecule has 3 rings (SSSR count). The van der Waals surface area contributed by atoms with Crippen LogP contribution in [-0.2, 0) is 9.53 Å². The molecular formula is C13H15N3O3S. The molecule has 1 N–H and O–H groups in total. The van der Waals surface area contributed by atoms with E-state index in [4.69, 9.17) is 9.47 Å². The summed E-state index contributed by atoms with van der Waals surface area (Å²) in [7, 11) is 1.62. The van der Waals surface area contributed by atoms with Crippen LogP contribution in [0.3, 0.4) is 0 Å². The van der Waals surface area contributed by atoms with Gasteiger partial charge in [-0.25, -0.2) is 4.98 Å². The minimum absolute atomic E-state index is 0.578. The SMILES string of the molecule is COc1ccc(N2CCOCC2)c2sc(NC=O)nc12. The van der Waals surface area contributed by atoms with E-state index in [1.54, 1.807) is 7.11 Å². The lowest BCUT2D eigenvalue weighted by atomic mass is 10.2. The van der Waals surface area contributed by atoms with Crippen LogP contribution < -0.4 is 15.0 Å². The number of benzene rings is 1. The summed E-state index contributed by atoms with van der Waals surface area (Å²) in [5, 5.41) is 3.18. The third-order valence-electron chi connectivity index (χ3n) is 3.24. The average molecular weight is 293 g/mol. The van der Waals surface area contributed by atoms with E-state index in [9.17, 15) is 4.79 Å². The first-order chi connectivity index (χ1) is 9.83. The highest BCUT2D eigenvalue weighted by Gasteiger charge is 2.18. The molecule has 0 radical (unpaired) electrons. The van der Waals surface area contributed by atoms with Gasteiger partial charge in [0.15, 0.2) is 5.13 Å². The van der Waals surface area contributed by atoms with Crippen molar-refractivity contribution >= 4 is 38.8 Å². The van der Waals surface area contributed by atoms with Crippen LogP contribution in [0.1, 0.15) is 0 Å². The third kappa shape index (κ3) is 2.30. The molecule has 2 aromatic rings. The van der Waals surface area contributed by atoms with Gasteiger partial charge in [0.05, 0.1) is 30.7 Å². The lowest BCUT2D eigenvalue weighted by molar-refractivity contribution is -0.105. The fourth-order valence-corrected chi connectivity index (χ4v) is 3.28. The smallest absolute Gasteiger partial charge is 0.213 e. The van der Waals surface area contributed by atoms with Crippen molar-refractivity contribution in [2.75, 3.05) is 43.6 Å². The number of carbonyl (C=O) groups is 1. The molecule has 0 aliphatic carbocycles. The van der Waals surface area contributed by atoms with Crippen LogP contribution in [0.25, 0.3) is 10.2 Å². The van der Waals surface area contributed by atoms with Crippen molar-refractivity contribution in [3.63, 3.8) is 0 Å². The van der Waals surface area contributed by atoms with E-state index < -0.39 is 0 Å². The zero-order chi connectivity index (χ0) is 13.9. The second kappa shape index (κ2) is 5.64. The maximum absolute atomic E-state index is 10.6. The van der Waals surface area contributed by atoms with Gasteiger partial charge in [0, 0.05) is 13.1 Å². The van der Waals surface area contributed by atoms with Crippen LogP contribution >= 0.6 is 11.3 Å². The minimum Gasteiger partial charge on any atom is -0.494 e. The first-order valence-corrected chi connectivity index (χ1v) is 7.15. The molecule has 7 heteroatoms. The number of carbonyl (C=O) groups excluding carboxylic acids is 1. The predicted molar refractivity (Wildman–Crippen MR) is 78.9 cm³/mol. The van der Waals surface area contributed by atoms with Crippen molar-refractivity contribution in [1.82, 2.24) is 4.98 Å². The number of morpholine rings is 1. The summed E-state index contributed by atoms with van der Waals surface area (Å²) in [5.41, 5.74) is 1.89. The molecule has 1 aromatic heterocycles. The Morgan fingerprint density at radius 2 is 2.25 bits per heavy atom. The van der Waals surface area contributed by atoms with Crippen LogP contribution in [0.15, 0.2) is 12.1 Å². The second-order valence-electron chi connectivity index (χ2n) is 4.35. The molecule has 6 nitrogen and oxygen atoms in total. The van der Waals surface area contributed by atoms with Crippen LogP contribution in [0.4, 0.5) is 10.8 Å². The number of hydrogen-bond donors (Lipinski definition) is 1. The Labute approximate surface area is 120 Å². The molecular weight excluding hydrogens is 278 g/mol. The van der Waals surface area contributed by atoms with E-state index in [-0.39, 0.29) is 0 Å². The number of nitrogens with one attached hydrogen (secondary N) is 1. The molecule has 0 spiro atoms. The quantitative estimate of drug-likeness (QED) is 0.869. The number of rotatable bonds is 4. The first-order valence-electron chi connectivity index (χ1n) is 6.34. The topological polar surface area (TPSA) is 63.7 Å². The zero-order valence-electron chi connectivity index (χ0n) is 11.1. The van der Waals surface area contributed by atoms with Crippen LogP contribution in [0, 0.1) is 0 Å². The van der Waals surface area contributed by atoms with E-state index in [0.29, 0.717) is 17.3 Å². The number of anilines is 2. The Hall–Kier alpha value is -1.86. The second-order valence-corrected chi connectivity index (χ2v) is 5.34. The molecule has 20 heavy (non-hydrogen) atoms. The van der Waals surface area contributed by atoms with Crippen LogP contribution in [0.5, 0.6) is 5.75 Å². The molecule has 1 amide bonds. The molecule has 0 atom stereocenters. The summed E-state index contributed by atoms with van der Waals surface area (Å²) in [6.45, 7) is 3.17. The Balaban J connectivity index is 2.09. The average Bonchev–Trinajstić information content (AvgIpc) is 2.91. The van der Waals surface area contributed by atoms with Gasteiger partial charge in [-0.1, -0.05) is 11.3 Å². The highest BCUT2D eigenvalue weighted by atomic mass is 32.1. The molecule has 1 fully saturated rings. The van der Waals surface area contributed by atoms with Crippen molar-refractivity contribution in [3.05, 3.63) is 12.1 Å². The van der Waals surface area contributed by atoms with Gasteiger partial charge in [0.25, 0.3) is 0 Å². The molecule has 106 valence electrons. The van der Waals surface area contributed by atoms with Crippen molar-refractivity contribution in [3.8, 4) is 5.75 Å². The summed E-state index contributed by atoms with van der Waals surface area (Å²) in [5.74, 6) is 0.715.